The van der Waals surface area contributed by atoms with E-state index < -0.39 is 11.8 Å². The summed E-state index contributed by atoms with van der Waals surface area (Å²) in [5.74, 6) is -0.737. The van der Waals surface area contributed by atoms with Crippen LogP contribution in [0.5, 0.6) is 11.5 Å². The molecule has 1 fully saturated rings. The Morgan fingerprint density at radius 2 is 1.97 bits per heavy atom. The minimum atomic E-state index is -1.05. The Balaban J connectivity index is 1.79. The smallest absolute Gasteiger partial charge is 0.335 e. The number of nitrogens with zero attached hydrogens (tertiary/aromatic N) is 2. The van der Waals surface area contributed by atoms with Gasteiger partial charge in [0.1, 0.15) is 0 Å². The third-order valence-electron chi connectivity index (χ3n) is 5.59. The van der Waals surface area contributed by atoms with Crippen molar-refractivity contribution in [2.45, 2.75) is 38.3 Å². The molecule has 0 unspecified atom stereocenters. The Labute approximate surface area is 186 Å². The van der Waals surface area contributed by atoms with Gasteiger partial charge in [-0.15, -0.1) is 0 Å². The molecule has 1 aromatic heterocycles. The van der Waals surface area contributed by atoms with Crippen molar-refractivity contribution in [3.8, 4) is 11.5 Å². The van der Waals surface area contributed by atoms with Gasteiger partial charge in [-0.25, -0.2) is 9.18 Å². The van der Waals surface area contributed by atoms with Crippen LogP contribution in [-0.4, -0.2) is 29.3 Å². The van der Waals surface area contributed by atoms with Crippen molar-refractivity contribution in [1.29, 1.82) is 0 Å². The normalized spacial score (nSPS) is 13.7. The third-order valence-corrected chi connectivity index (χ3v) is 5.59. The maximum absolute atomic E-state index is 15.3. The van der Waals surface area contributed by atoms with E-state index in [-0.39, 0.29) is 17.4 Å². The van der Waals surface area contributed by atoms with Gasteiger partial charge in [0.2, 0.25) is 0 Å². The number of benzene rings is 2. The molecule has 1 saturated carbocycles. The Morgan fingerprint density at radius 1 is 1.16 bits per heavy atom. The van der Waals surface area contributed by atoms with Crippen molar-refractivity contribution in [3.63, 3.8) is 0 Å². The molecule has 0 amide bonds. The molecule has 0 aliphatic heterocycles. The Hall–Kier alpha value is -3.61. The molecule has 1 aliphatic rings. The molecular formula is C25H25FN2O4. The van der Waals surface area contributed by atoms with E-state index in [0.29, 0.717) is 23.7 Å². The molecule has 1 aliphatic carbocycles. The van der Waals surface area contributed by atoms with Gasteiger partial charge in [0.15, 0.2) is 17.3 Å². The highest BCUT2D eigenvalue weighted by molar-refractivity contribution is 5.89. The summed E-state index contributed by atoms with van der Waals surface area (Å²) in [5, 5.41) is 9.44. The molecule has 0 radical (unpaired) electrons. The first-order chi connectivity index (χ1) is 15.5. The van der Waals surface area contributed by atoms with Crippen LogP contribution in [0, 0.1) is 5.82 Å². The summed E-state index contributed by atoms with van der Waals surface area (Å²) in [6.45, 7) is 0.295. The van der Waals surface area contributed by atoms with Crippen LogP contribution in [0.4, 0.5) is 15.8 Å². The van der Waals surface area contributed by atoms with Gasteiger partial charge in [0.25, 0.3) is 0 Å². The number of aromatic nitrogens is 1. The monoisotopic (exact) mass is 436 g/mol. The van der Waals surface area contributed by atoms with E-state index >= 15 is 4.39 Å². The van der Waals surface area contributed by atoms with E-state index in [1.54, 1.807) is 41.6 Å². The number of halogens is 1. The van der Waals surface area contributed by atoms with Crippen LogP contribution in [0.15, 0.2) is 60.9 Å². The van der Waals surface area contributed by atoms with Crippen molar-refractivity contribution in [3.05, 3.63) is 77.9 Å². The molecule has 166 valence electrons. The molecule has 32 heavy (non-hydrogen) atoms. The van der Waals surface area contributed by atoms with Gasteiger partial charge in [-0.05, 0) is 55.5 Å². The van der Waals surface area contributed by atoms with E-state index in [2.05, 4.69) is 4.98 Å². The topological polar surface area (TPSA) is 71.9 Å². The van der Waals surface area contributed by atoms with Crippen molar-refractivity contribution in [1.82, 2.24) is 4.98 Å². The predicted octanol–water partition coefficient (Wildman–Crippen LogP) is 5.59. The van der Waals surface area contributed by atoms with Gasteiger partial charge < -0.3 is 19.5 Å². The molecular weight excluding hydrogens is 411 g/mol. The van der Waals surface area contributed by atoms with Crippen LogP contribution in [-0.2, 0) is 6.54 Å². The van der Waals surface area contributed by atoms with Crippen molar-refractivity contribution in [2.24, 2.45) is 0 Å². The molecule has 4 rings (SSSR count). The Bertz CT molecular complexity index is 1080. The second kappa shape index (κ2) is 9.68. The summed E-state index contributed by atoms with van der Waals surface area (Å²) in [6, 6.07) is 13.1. The first kappa shape index (κ1) is 21.6. The molecule has 3 aromatic rings. The molecule has 1 N–H and O–H groups in total. The number of methoxy groups -OCH3 is 1. The molecule has 0 spiro atoms. The lowest BCUT2D eigenvalue weighted by Gasteiger charge is -2.27. The van der Waals surface area contributed by atoms with Crippen LogP contribution in [0.25, 0.3) is 0 Å². The van der Waals surface area contributed by atoms with E-state index in [0.717, 1.165) is 31.2 Å². The number of carbonyl (C=O) groups is 1. The minimum Gasteiger partial charge on any atom is -0.493 e. The van der Waals surface area contributed by atoms with Crippen molar-refractivity contribution >= 4 is 17.3 Å². The van der Waals surface area contributed by atoms with Crippen LogP contribution in [0.1, 0.15) is 41.6 Å². The maximum atomic E-state index is 15.3. The molecule has 1 heterocycles. The zero-order valence-corrected chi connectivity index (χ0v) is 17.8. The lowest BCUT2D eigenvalue weighted by Crippen LogP contribution is -2.19. The molecule has 2 aromatic carbocycles. The average Bonchev–Trinajstić information content (AvgIpc) is 3.32. The summed E-state index contributed by atoms with van der Waals surface area (Å²) in [6.07, 6.45) is 7.56. The zero-order chi connectivity index (χ0) is 22.5. The molecule has 6 nitrogen and oxygen atoms in total. The number of aromatic carboxylic acids is 1. The summed E-state index contributed by atoms with van der Waals surface area (Å²) in [4.78, 5) is 17.4. The van der Waals surface area contributed by atoms with Gasteiger partial charge in [0, 0.05) is 36.8 Å². The lowest BCUT2D eigenvalue weighted by molar-refractivity contribution is 0.0697. The SMILES string of the molecule is COc1cc(F)c(N(Cc2cccnc2)c2cccc(C(=O)O)c2)cc1OC1CCCC1. The first-order valence-corrected chi connectivity index (χ1v) is 10.6. The van der Waals surface area contributed by atoms with Crippen LogP contribution in [0.2, 0.25) is 0 Å². The summed E-state index contributed by atoms with van der Waals surface area (Å²) in [7, 11) is 1.49. The summed E-state index contributed by atoms with van der Waals surface area (Å²) in [5.41, 5.74) is 1.78. The van der Waals surface area contributed by atoms with Crippen LogP contribution < -0.4 is 14.4 Å². The highest BCUT2D eigenvalue weighted by Crippen LogP contribution is 2.40. The maximum Gasteiger partial charge on any atom is 0.335 e. The number of hydrogen-bond donors (Lipinski definition) is 1. The van der Waals surface area contributed by atoms with Crippen molar-refractivity contribution < 1.29 is 23.8 Å². The quantitative estimate of drug-likeness (QED) is 0.497. The fourth-order valence-corrected chi connectivity index (χ4v) is 3.97. The predicted molar refractivity (Wildman–Crippen MR) is 119 cm³/mol. The summed E-state index contributed by atoms with van der Waals surface area (Å²) < 4.78 is 26.9. The van der Waals surface area contributed by atoms with Gasteiger partial charge in [0.05, 0.1) is 24.5 Å². The van der Waals surface area contributed by atoms with E-state index in [1.807, 2.05) is 6.07 Å². The molecule has 0 bridgehead atoms. The summed E-state index contributed by atoms with van der Waals surface area (Å²) >= 11 is 0. The number of carboxylic acids is 1. The number of hydrogen-bond acceptors (Lipinski definition) is 5. The average molecular weight is 436 g/mol. The Morgan fingerprint density at radius 3 is 2.66 bits per heavy atom. The molecule has 0 saturated heterocycles. The largest absolute Gasteiger partial charge is 0.493 e. The first-order valence-electron chi connectivity index (χ1n) is 10.6. The Kier molecular flexibility index (Phi) is 6.54. The number of ether oxygens (including phenoxy) is 2. The standard InChI is InChI=1S/C25H25FN2O4/c1-31-23-13-21(26)22(14-24(23)32-20-9-2-3-10-20)28(16-17-6-5-11-27-15-17)19-8-4-7-18(12-19)25(29)30/h4-8,11-15,20H,2-3,9-10,16H2,1H3,(H,29,30). The fraction of sp³-hybridized carbons (Fsp3) is 0.280. The highest BCUT2D eigenvalue weighted by Gasteiger charge is 2.23. The van der Waals surface area contributed by atoms with E-state index in [9.17, 15) is 9.90 Å². The zero-order valence-electron chi connectivity index (χ0n) is 17.8. The van der Waals surface area contributed by atoms with Gasteiger partial charge in [-0.1, -0.05) is 12.1 Å². The van der Waals surface area contributed by atoms with Gasteiger partial charge in [-0.3, -0.25) is 4.98 Å². The van der Waals surface area contributed by atoms with Gasteiger partial charge >= 0.3 is 5.97 Å². The number of carboxylic acid groups (broad SMARTS) is 1. The van der Waals surface area contributed by atoms with E-state index in [4.69, 9.17) is 9.47 Å². The number of anilines is 2. The fourth-order valence-electron chi connectivity index (χ4n) is 3.97. The number of rotatable bonds is 8. The second-order valence-corrected chi connectivity index (χ2v) is 7.78. The lowest BCUT2D eigenvalue weighted by atomic mass is 10.1. The van der Waals surface area contributed by atoms with Crippen LogP contribution in [0.3, 0.4) is 0 Å². The molecule has 7 heteroatoms. The minimum absolute atomic E-state index is 0.0734. The highest BCUT2D eigenvalue weighted by atomic mass is 19.1. The van der Waals surface area contributed by atoms with Crippen LogP contribution >= 0.6 is 0 Å². The number of pyridine rings is 1. The van der Waals surface area contributed by atoms with Gasteiger partial charge in [-0.2, -0.15) is 0 Å². The molecule has 0 atom stereocenters. The second-order valence-electron chi connectivity index (χ2n) is 7.78. The third kappa shape index (κ3) is 4.82. The van der Waals surface area contributed by atoms with E-state index in [1.165, 1.54) is 25.3 Å². The van der Waals surface area contributed by atoms with Crippen molar-refractivity contribution in [2.75, 3.05) is 12.0 Å².